The van der Waals surface area contributed by atoms with Crippen LogP contribution in [-0.4, -0.2) is 73.4 Å². The molecule has 2 atom stereocenters. The third kappa shape index (κ3) is 8.76. The molecule has 8 heteroatoms. The van der Waals surface area contributed by atoms with Gasteiger partial charge in [-0.3, -0.25) is 9.69 Å². The Morgan fingerprint density at radius 1 is 1.19 bits per heavy atom. The molecule has 1 heterocycles. The molecule has 0 radical (unpaired) electrons. The number of anilines is 1. The Hall–Kier alpha value is -3.10. The van der Waals surface area contributed by atoms with Gasteiger partial charge in [0.1, 0.15) is 11.4 Å². The van der Waals surface area contributed by atoms with E-state index in [0.717, 1.165) is 30.6 Å². The standard InChI is InChI=1S/C29H41N3O5/c1-6-15-30-28(35)21-10-12-23(13-11-21)31(5)26(19-32-16-14-24(33)18-32)22-8-7-9-25(17-22)36-20-27(34)37-29(2,3)4/h7-13,17,24,26,33H,6,14-16,18-20H2,1-5H3,(H,30,35)/t24-,26+/m0/s1. The summed E-state index contributed by atoms with van der Waals surface area (Å²) in [7, 11) is 2.03. The number of likely N-dealkylation sites (N-methyl/N-ethyl adjacent to an activating group) is 1. The molecule has 0 spiro atoms. The van der Waals surface area contributed by atoms with E-state index in [2.05, 4.69) is 15.1 Å². The highest BCUT2D eigenvalue weighted by molar-refractivity contribution is 5.94. The van der Waals surface area contributed by atoms with Crippen molar-refractivity contribution in [2.75, 3.05) is 44.7 Å². The predicted molar refractivity (Wildman–Crippen MR) is 145 cm³/mol. The molecule has 0 aliphatic carbocycles. The smallest absolute Gasteiger partial charge is 0.344 e. The number of amides is 1. The van der Waals surface area contributed by atoms with Crippen LogP contribution >= 0.6 is 0 Å². The molecule has 8 nitrogen and oxygen atoms in total. The summed E-state index contributed by atoms with van der Waals surface area (Å²) in [5.74, 6) is 0.0975. The van der Waals surface area contributed by atoms with Crippen LogP contribution in [0.3, 0.4) is 0 Å². The number of hydrogen-bond donors (Lipinski definition) is 2. The first kappa shape index (κ1) is 28.5. The van der Waals surface area contributed by atoms with E-state index in [0.29, 0.717) is 30.9 Å². The topological polar surface area (TPSA) is 91.3 Å². The van der Waals surface area contributed by atoms with E-state index >= 15 is 0 Å². The number of nitrogens with one attached hydrogen (secondary N) is 1. The minimum absolute atomic E-state index is 0.0462. The van der Waals surface area contributed by atoms with Gasteiger partial charge in [0.25, 0.3) is 5.91 Å². The second-order valence-corrected chi connectivity index (χ2v) is 10.6. The summed E-state index contributed by atoms with van der Waals surface area (Å²) in [6.07, 6.45) is 1.34. The van der Waals surface area contributed by atoms with E-state index in [1.54, 1.807) is 0 Å². The molecule has 0 aromatic heterocycles. The van der Waals surface area contributed by atoms with Gasteiger partial charge in [-0.1, -0.05) is 19.1 Å². The fourth-order valence-electron chi connectivity index (χ4n) is 4.37. The number of hydrogen-bond acceptors (Lipinski definition) is 7. The fraction of sp³-hybridized carbons (Fsp3) is 0.517. The average molecular weight is 512 g/mol. The number of benzene rings is 2. The van der Waals surface area contributed by atoms with Crippen molar-refractivity contribution in [3.05, 3.63) is 59.7 Å². The fourth-order valence-corrected chi connectivity index (χ4v) is 4.37. The molecule has 3 rings (SSSR count). The van der Waals surface area contributed by atoms with E-state index < -0.39 is 11.6 Å². The minimum atomic E-state index is -0.567. The number of esters is 1. The maximum atomic E-state index is 12.3. The quantitative estimate of drug-likeness (QED) is 0.444. The number of aliphatic hydroxyl groups is 1. The van der Waals surface area contributed by atoms with Crippen LogP contribution in [-0.2, 0) is 9.53 Å². The molecule has 1 saturated heterocycles. The molecule has 1 fully saturated rings. The zero-order valence-electron chi connectivity index (χ0n) is 22.7. The van der Waals surface area contributed by atoms with Crippen molar-refractivity contribution in [3.8, 4) is 5.75 Å². The molecule has 0 unspecified atom stereocenters. The van der Waals surface area contributed by atoms with Gasteiger partial charge in [-0.05, 0) is 75.6 Å². The summed E-state index contributed by atoms with van der Waals surface area (Å²) in [4.78, 5) is 28.9. The third-order valence-corrected chi connectivity index (χ3v) is 6.24. The van der Waals surface area contributed by atoms with Crippen LogP contribution in [0.4, 0.5) is 5.69 Å². The highest BCUT2D eigenvalue weighted by atomic mass is 16.6. The van der Waals surface area contributed by atoms with E-state index in [1.807, 2.05) is 83.3 Å². The van der Waals surface area contributed by atoms with Gasteiger partial charge in [-0.15, -0.1) is 0 Å². The number of β-amino-alcohol motifs (C(OH)–C–C–N with tert-alkyl or cyclic N) is 1. The molecule has 0 bridgehead atoms. The van der Waals surface area contributed by atoms with Crippen molar-refractivity contribution >= 4 is 17.6 Å². The zero-order valence-corrected chi connectivity index (χ0v) is 22.7. The number of likely N-dealkylation sites (tertiary alicyclic amines) is 1. The Labute approximate surface area is 220 Å². The first-order valence-electron chi connectivity index (χ1n) is 13.0. The summed E-state index contributed by atoms with van der Waals surface area (Å²) in [6.45, 7) is 10.2. The van der Waals surface area contributed by atoms with Crippen molar-refractivity contribution in [1.82, 2.24) is 10.2 Å². The van der Waals surface area contributed by atoms with Gasteiger partial charge in [0.2, 0.25) is 0 Å². The van der Waals surface area contributed by atoms with Crippen LogP contribution in [0.5, 0.6) is 5.75 Å². The lowest BCUT2D eigenvalue weighted by Gasteiger charge is -2.34. The van der Waals surface area contributed by atoms with Crippen molar-refractivity contribution in [3.63, 3.8) is 0 Å². The Balaban J connectivity index is 1.78. The maximum Gasteiger partial charge on any atom is 0.344 e. The van der Waals surface area contributed by atoms with Crippen LogP contribution < -0.4 is 15.0 Å². The van der Waals surface area contributed by atoms with Crippen molar-refractivity contribution in [1.29, 1.82) is 0 Å². The second-order valence-electron chi connectivity index (χ2n) is 10.6. The second kappa shape index (κ2) is 12.9. The van der Waals surface area contributed by atoms with Gasteiger partial charge in [0, 0.05) is 44.5 Å². The molecule has 2 N–H and O–H groups in total. The average Bonchev–Trinajstić information content (AvgIpc) is 3.28. The lowest BCUT2D eigenvalue weighted by atomic mass is 10.0. The van der Waals surface area contributed by atoms with E-state index in [4.69, 9.17) is 9.47 Å². The molecular weight excluding hydrogens is 470 g/mol. The molecule has 2 aromatic carbocycles. The number of rotatable bonds is 11. The monoisotopic (exact) mass is 511 g/mol. The van der Waals surface area contributed by atoms with Gasteiger partial charge in [0.15, 0.2) is 6.61 Å². The summed E-state index contributed by atoms with van der Waals surface area (Å²) in [6, 6.07) is 15.3. The van der Waals surface area contributed by atoms with Crippen molar-refractivity contribution < 1.29 is 24.2 Å². The van der Waals surface area contributed by atoms with E-state index in [9.17, 15) is 14.7 Å². The summed E-state index contributed by atoms with van der Waals surface area (Å²) in [5.41, 5.74) is 2.05. The lowest BCUT2D eigenvalue weighted by molar-refractivity contribution is -0.157. The molecular formula is C29H41N3O5. The first-order chi connectivity index (χ1) is 17.6. The molecule has 2 aromatic rings. The van der Waals surface area contributed by atoms with E-state index in [-0.39, 0.29) is 24.7 Å². The molecule has 1 amide bonds. The SMILES string of the molecule is CCCNC(=O)c1ccc(N(C)[C@H](CN2CC[C@H](O)C2)c2cccc(OCC(=O)OC(C)(C)C)c2)cc1. The number of nitrogens with zero attached hydrogens (tertiary/aromatic N) is 2. The van der Waals surface area contributed by atoms with Crippen LogP contribution in [0, 0.1) is 0 Å². The van der Waals surface area contributed by atoms with Crippen LogP contribution in [0.1, 0.15) is 62.5 Å². The van der Waals surface area contributed by atoms with Crippen molar-refractivity contribution in [2.24, 2.45) is 0 Å². The van der Waals surface area contributed by atoms with Gasteiger partial charge in [0.05, 0.1) is 12.1 Å². The van der Waals surface area contributed by atoms with Gasteiger partial charge >= 0.3 is 5.97 Å². The van der Waals surface area contributed by atoms with Crippen molar-refractivity contribution in [2.45, 2.75) is 58.3 Å². The lowest BCUT2D eigenvalue weighted by Crippen LogP contribution is -2.36. The number of aliphatic hydroxyl groups excluding tert-OH is 1. The zero-order chi connectivity index (χ0) is 27.0. The Morgan fingerprint density at radius 3 is 2.54 bits per heavy atom. The Morgan fingerprint density at radius 2 is 1.92 bits per heavy atom. The highest BCUT2D eigenvalue weighted by Gasteiger charge is 2.27. The van der Waals surface area contributed by atoms with Gasteiger partial charge in [-0.2, -0.15) is 0 Å². The summed E-state index contributed by atoms with van der Waals surface area (Å²) in [5, 5.41) is 13.0. The molecule has 0 saturated carbocycles. The van der Waals surface area contributed by atoms with Crippen LogP contribution in [0.15, 0.2) is 48.5 Å². The molecule has 1 aliphatic heterocycles. The third-order valence-electron chi connectivity index (χ3n) is 6.24. The highest BCUT2D eigenvalue weighted by Crippen LogP contribution is 2.30. The minimum Gasteiger partial charge on any atom is -0.482 e. The largest absolute Gasteiger partial charge is 0.482 e. The molecule has 202 valence electrons. The summed E-state index contributed by atoms with van der Waals surface area (Å²) >= 11 is 0. The number of carbonyl (C=O) groups is 2. The van der Waals surface area contributed by atoms with Gasteiger partial charge < -0.3 is 24.8 Å². The summed E-state index contributed by atoms with van der Waals surface area (Å²) < 4.78 is 11.1. The number of ether oxygens (including phenoxy) is 2. The Bertz CT molecular complexity index is 1030. The Kier molecular flexibility index (Phi) is 9.94. The van der Waals surface area contributed by atoms with Gasteiger partial charge in [-0.25, -0.2) is 4.79 Å². The van der Waals surface area contributed by atoms with Crippen LogP contribution in [0.2, 0.25) is 0 Å². The van der Waals surface area contributed by atoms with E-state index in [1.165, 1.54) is 0 Å². The molecule has 1 aliphatic rings. The normalized spacial score (nSPS) is 16.8. The maximum absolute atomic E-state index is 12.3. The number of carbonyl (C=O) groups excluding carboxylic acids is 2. The molecule has 37 heavy (non-hydrogen) atoms. The predicted octanol–water partition coefficient (Wildman–Crippen LogP) is 3.79. The van der Waals surface area contributed by atoms with Crippen LogP contribution in [0.25, 0.3) is 0 Å². The first-order valence-corrected chi connectivity index (χ1v) is 13.0.